The lowest BCUT2D eigenvalue weighted by atomic mass is 10.2. The summed E-state index contributed by atoms with van der Waals surface area (Å²) in [4.78, 5) is 0. The maximum Gasteiger partial charge on any atom is 0.138 e. The molecular weight excluding hydrogens is 178 g/mol. The van der Waals surface area contributed by atoms with E-state index in [0.29, 0.717) is 6.54 Å². The van der Waals surface area contributed by atoms with Crippen molar-refractivity contribution in [2.45, 2.75) is 6.42 Å². The quantitative estimate of drug-likeness (QED) is 0.806. The van der Waals surface area contributed by atoms with Gasteiger partial charge in [0.15, 0.2) is 0 Å². The van der Waals surface area contributed by atoms with Crippen LogP contribution in [0.2, 0.25) is 0 Å². The van der Waals surface area contributed by atoms with E-state index in [2.05, 4.69) is 0 Å². The minimum absolute atomic E-state index is 0.599. The Labute approximate surface area is 82.5 Å². The topological polar surface area (TPSA) is 48.4 Å². The van der Waals surface area contributed by atoms with Crippen molar-refractivity contribution < 1.29 is 9.15 Å². The molecule has 0 atom stereocenters. The van der Waals surface area contributed by atoms with Crippen LogP contribution in [0.5, 0.6) is 5.75 Å². The van der Waals surface area contributed by atoms with Crippen molar-refractivity contribution in [1.29, 1.82) is 0 Å². The molecule has 2 N–H and O–H groups in total. The van der Waals surface area contributed by atoms with Crippen LogP contribution in [0.15, 0.2) is 28.7 Å². The largest absolute Gasteiger partial charge is 0.496 e. The van der Waals surface area contributed by atoms with Crippen LogP contribution in [-0.2, 0) is 6.42 Å². The molecule has 0 radical (unpaired) electrons. The van der Waals surface area contributed by atoms with Crippen LogP contribution in [0, 0.1) is 0 Å². The van der Waals surface area contributed by atoms with Crippen LogP contribution in [0.1, 0.15) is 5.76 Å². The van der Waals surface area contributed by atoms with Crippen molar-refractivity contribution in [3.63, 3.8) is 0 Å². The van der Waals surface area contributed by atoms with E-state index in [4.69, 9.17) is 14.9 Å². The lowest BCUT2D eigenvalue weighted by Gasteiger charge is -1.98. The van der Waals surface area contributed by atoms with Crippen molar-refractivity contribution in [1.82, 2.24) is 0 Å². The molecule has 0 unspecified atom stereocenters. The maximum absolute atomic E-state index is 5.59. The molecule has 0 spiro atoms. The first-order valence-electron chi connectivity index (χ1n) is 4.60. The molecule has 3 heteroatoms. The predicted octanol–water partition coefficient (Wildman–Crippen LogP) is 1.94. The van der Waals surface area contributed by atoms with Gasteiger partial charge in [0.25, 0.3) is 0 Å². The second-order valence-electron chi connectivity index (χ2n) is 3.12. The number of furan rings is 1. The summed E-state index contributed by atoms with van der Waals surface area (Å²) >= 11 is 0. The van der Waals surface area contributed by atoms with Gasteiger partial charge in [0.1, 0.15) is 17.1 Å². The number of fused-ring (bicyclic) bond motifs is 1. The van der Waals surface area contributed by atoms with Gasteiger partial charge in [-0.1, -0.05) is 6.07 Å². The Morgan fingerprint density at radius 3 is 3.00 bits per heavy atom. The highest BCUT2D eigenvalue weighted by Crippen LogP contribution is 2.28. The second kappa shape index (κ2) is 3.72. The van der Waals surface area contributed by atoms with Gasteiger partial charge in [-0.25, -0.2) is 0 Å². The van der Waals surface area contributed by atoms with Crippen LogP contribution >= 0.6 is 0 Å². The SMILES string of the molecule is COc1cccc2oc(CCN)cc12. The van der Waals surface area contributed by atoms with Gasteiger partial charge in [-0.05, 0) is 24.7 Å². The Hall–Kier alpha value is -1.48. The van der Waals surface area contributed by atoms with E-state index in [1.165, 1.54) is 0 Å². The smallest absolute Gasteiger partial charge is 0.138 e. The van der Waals surface area contributed by atoms with Crippen LogP contribution in [0.4, 0.5) is 0 Å². The van der Waals surface area contributed by atoms with Crippen molar-refractivity contribution >= 4 is 11.0 Å². The summed E-state index contributed by atoms with van der Waals surface area (Å²) in [5, 5.41) is 1.01. The number of hydrogen-bond donors (Lipinski definition) is 1. The van der Waals surface area contributed by atoms with Crippen LogP contribution in [-0.4, -0.2) is 13.7 Å². The lowest BCUT2D eigenvalue weighted by molar-refractivity contribution is 0.419. The average Bonchev–Trinajstić information content (AvgIpc) is 2.60. The fourth-order valence-electron chi connectivity index (χ4n) is 1.53. The first-order valence-corrected chi connectivity index (χ1v) is 4.60. The van der Waals surface area contributed by atoms with Crippen molar-refractivity contribution in [2.24, 2.45) is 5.73 Å². The zero-order valence-corrected chi connectivity index (χ0v) is 8.12. The second-order valence-corrected chi connectivity index (χ2v) is 3.12. The molecule has 3 nitrogen and oxygen atoms in total. The third-order valence-electron chi connectivity index (χ3n) is 2.18. The van der Waals surface area contributed by atoms with Gasteiger partial charge in [0.05, 0.1) is 12.5 Å². The summed E-state index contributed by atoms with van der Waals surface area (Å²) in [6.45, 7) is 0.599. The highest BCUT2D eigenvalue weighted by atomic mass is 16.5. The normalized spacial score (nSPS) is 10.7. The third kappa shape index (κ3) is 1.46. The van der Waals surface area contributed by atoms with E-state index in [-0.39, 0.29) is 0 Å². The first kappa shape index (κ1) is 9.09. The highest BCUT2D eigenvalue weighted by molar-refractivity contribution is 5.84. The standard InChI is InChI=1S/C11H13NO2/c1-13-10-3-2-4-11-9(10)7-8(14-11)5-6-12/h2-4,7H,5-6,12H2,1H3. The summed E-state index contributed by atoms with van der Waals surface area (Å²) in [5.74, 6) is 1.75. The van der Waals surface area contributed by atoms with Gasteiger partial charge in [-0.15, -0.1) is 0 Å². The van der Waals surface area contributed by atoms with Crippen molar-refractivity contribution in [3.05, 3.63) is 30.0 Å². The summed E-state index contributed by atoms with van der Waals surface area (Å²) in [5.41, 5.74) is 6.32. The molecule has 0 saturated carbocycles. The monoisotopic (exact) mass is 191 g/mol. The molecule has 74 valence electrons. The van der Waals surface area contributed by atoms with E-state index in [1.807, 2.05) is 24.3 Å². The van der Waals surface area contributed by atoms with E-state index in [1.54, 1.807) is 7.11 Å². The molecule has 1 aromatic carbocycles. The van der Waals surface area contributed by atoms with E-state index >= 15 is 0 Å². The first-order chi connectivity index (χ1) is 6.85. The van der Waals surface area contributed by atoms with E-state index in [0.717, 1.165) is 28.9 Å². The third-order valence-corrected chi connectivity index (χ3v) is 2.18. The van der Waals surface area contributed by atoms with E-state index in [9.17, 15) is 0 Å². The summed E-state index contributed by atoms with van der Waals surface area (Å²) in [7, 11) is 1.66. The van der Waals surface area contributed by atoms with Gasteiger partial charge >= 0.3 is 0 Å². The van der Waals surface area contributed by atoms with Crippen LogP contribution in [0.25, 0.3) is 11.0 Å². The van der Waals surface area contributed by atoms with Crippen LogP contribution < -0.4 is 10.5 Å². The van der Waals surface area contributed by atoms with Gasteiger partial charge in [-0.2, -0.15) is 0 Å². The highest BCUT2D eigenvalue weighted by Gasteiger charge is 2.06. The number of ether oxygens (including phenoxy) is 1. The molecule has 0 aliphatic carbocycles. The molecule has 0 amide bonds. The Balaban J connectivity index is 2.52. The van der Waals surface area contributed by atoms with Crippen molar-refractivity contribution in [3.8, 4) is 5.75 Å². The maximum atomic E-state index is 5.59. The van der Waals surface area contributed by atoms with Crippen molar-refractivity contribution in [2.75, 3.05) is 13.7 Å². The minimum atomic E-state index is 0.599. The lowest BCUT2D eigenvalue weighted by Crippen LogP contribution is -2.01. The van der Waals surface area contributed by atoms with Crippen LogP contribution in [0.3, 0.4) is 0 Å². The number of rotatable bonds is 3. The number of nitrogens with two attached hydrogens (primary N) is 1. The molecule has 0 bridgehead atoms. The van der Waals surface area contributed by atoms with Gasteiger partial charge in [-0.3, -0.25) is 0 Å². The molecule has 14 heavy (non-hydrogen) atoms. The Morgan fingerprint density at radius 1 is 1.43 bits per heavy atom. The number of hydrogen-bond acceptors (Lipinski definition) is 3. The summed E-state index contributed by atoms with van der Waals surface area (Å²) in [6, 6.07) is 7.75. The molecule has 0 aliphatic rings. The molecule has 1 heterocycles. The Kier molecular flexibility index (Phi) is 2.41. The average molecular weight is 191 g/mol. The molecule has 0 aliphatic heterocycles. The Morgan fingerprint density at radius 2 is 2.29 bits per heavy atom. The van der Waals surface area contributed by atoms with Gasteiger partial charge in [0, 0.05) is 6.42 Å². The predicted molar refractivity (Wildman–Crippen MR) is 55.5 cm³/mol. The number of benzene rings is 1. The van der Waals surface area contributed by atoms with Gasteiger partial charge in [0.2, 0.25) is 0 Å². The molecule has 2 rings (SSSR count). The molecular formula is C11H13NO2. The fourth-order valence-corrected chi connectivity index (χ4v) is 1.53. The summed E-state index contributed by atoms with van der Waals surface area (Å²) < 4.78 is 10.8. The molecule has 0 saturated heterocycles. The zero-order chi connectivity index (χ0) is 9.97. The molecule has 2 aromatic rings. The van der Waals surface area contributed by atoms with E-state index < -0.39 is 0 Å². The fraction of sp³-hybridized carbons (Fsp3) is 0.273. The molecule has 0 fully saturated rings. The number of methoxy groups -OCH3 is 1. The zero-order valence-electron chi connectivity index (χ0n) is 8.12. The minimum Gasteiger partial charge on any atom is -0.496 e. The van der Waals surface area contributed by atoms with Gasteiger partial charge < -0.3 is 14.9 Å². The molecule has 1 aromatic heterocycles. The summed E-state index contributed by atoms with van der Waals surface area (Å²) in [6.07, 6.45) is 0.762. The Bertz CT molecular complexity index is 434.